The highest BCUT2D eigenvalue weighted by atomic mass is 32.1. The van der Waals surface area contributed by atoms with Crippen molar-refractivity contribution < 1.29 is 24.2 Å². The molecule has 1 saturated heterocycles. The van der Waals surface area contributed by atoms with E-state index in [0.29, 0.717) is 25.1 Å². The molecule has 1 aromatic heterocycles. The molecule has 1 N–H and O–H groups in total. The number of thiazole rings is 1. The minimum absolute atomic E-state index is 0.0353. The van der Waals surface area contributed by atoms with Gasteiger partial charge in [0.1, 0.15) is 11.0 Å². The van der Waals surface area contributed by atoms with Crippen LogP contribution in [0.15, 0.2) is 35.8 Å². The van der Waals surface area contributed by atoms with Crippen LogP contribution in [-0.4, -0.2) is 58.7 Å². The molecular formula is C20H23N3O5S. The summed E-state index contributed by atoms with van der Waals surface area (Å²) in [6, 6.07) is 6.57. The molecule has 0 saturated carbocycles. The first-order valence-corrected chi connectivity index (χ1v) is 10.4. The van der Waals surface area contributed by atoms with Crippen LogP contribution in [0.5, 0.6) is 0 Å². The lowest BCUT2D eigenvalue weighted by Crippen LogP contribution is -2.48. The number of hydrogen-bond acceptors (Lipinski definition) is 6. The van der Waals surface area contributed by atoms with Crippen molar-refractivity contribution in [2.24, 2.45) is 0 Å². The van der Waals surface area contributed by atoms with Crippen molar-refractivity contribution in [3.8, 4) is 10.6 Å². The highest BCUT2D eigenvalue weighted by Gasteiger charge is 2.37. The van der Waals surface area contributed by atoms with Gasteiger partial charge in [0.15, 0.2) is 0 Å². The zero-order valence-electron chi connectivity index (χ0n) is 16.1. The van der Waals surface area contributed by atoms with E-state index in [2.05, 4.69) is 4.98 Å². The van der Waals surface area contributed by atoms with Crippen LogP contribution >= 0.6 is 11.3 Å². The number of carbonyl (C=O) groups excluding carboxylic acids is 2. The molecule has 29 heavy (non-hydrogen) atoms. The standard InChI is InChI=1S/C20H23N3O5S/c1-2-28-17(24)9-12-22(19(25)16-4-3-11-23(16)20(26)27)15-7-5-14(6-8-15)18-21-10-13-29-18/h5-8,10,13,16H,2-4,9,11-12H2,1H3,(H,26,27)/t16-/m0/s1. The lowest BCUT2D eigenvalue weighted by molar-refractivity contribution is -0.142. The molecule has 8 nitrogen and oxygen atoms in total. The SMILES string of the molecule is CCOC(=O)CCN(C(=O)[C@@H]1CCCN1C(=O)O)c1ccc(-c2nccs2)cc1. The van der Waals surface area contributed by atoms with Gasteiger partial charge in [-0.15, -0.1) is 11.3 Å². The van der Waals surface area contributed by atoms with Crippen LogP contribution in [0.1, 0.15) is 26.2 Å². The van der Waals surface area contributed by atoms with Crippen molar-refractivity contribution in [2.75, 3.05) is 24.6 Å². The van der Waals surface area contributed by atoms with Crippen molar-refractivity contribution in [2.45, 2.75) is 32.2 Å². The molecule has 2 amide bonds. The molecule has 2 aromatic rings. The van der Waals surface area contributed by atoms with E-state index in [0.717, 1.165) is 10.6 Å². The van der Waals surface area contributed by atoms with Crippen molar-refractivity contribution >= 4 is 35.0 Å². The predicted octanol–water partition coefficient (Wildman–Crippen LogP) is 3.24. The Bertz CT molecular complexity index is 854. The maximum Gasteiger partial charge on any atom is 0.407 e. The van der Waals surface area contributed by atoms with E-state index >= 15 is 0 Å². The van der Waals surface area contributed by atoms with Gasteiger partial charge in [0, 0.05) is 35.9 Å². The lowest BCUT2D eigenvalue weighted by atomic mass is 10.1. The summed E-state index contributed by atoms with van der Waals surface area (Å²) in [4.78, 5) is 43.4. The Morgan fingerprint density at radius 1 is 1.31 bits per heavy atom. The third-order valence-electron chi connectivity index (χ3n) is 4.75. The molecule has 1 aromatic carbocycles. The largest absolute Gasteiger partial charge is 0.466 e. The van der Waals surface area contributed by atoms with Gasteiger partial charge >= 0.3 is 12.1 Å². The van der Waals surface area contributed by atoms with E-state index in [9.17, 15) is 19.5 Å². The van der Waals surface area contributed by atoms with E-state index in [-0.39, 0.29) is 25.5 Å². The first-order chi connectivity index (χ1) is 14.0. The van der Waals surface area contributed by atoms with Gasteiger partial charge in [0.2, 0.25) is 5.91 Å². The van der Waals surface area contributed by atoms with E-state index < -0.39 is 18.1 Å². The zero-order valence-corrected chi connectivity index (χ0v) is 16.9. The smallest absolute Gasteiger partial charge is 0.407 e. The summed E-state index contributed by atoms with van der Waals surface area (Å²) in [5.41, 5.74) is 1.53. The number of carbonyl (C=O) groups is 3. The van der Waals surface area contributed by atoms with Crippen molar-refractivity contribution in [1.29, 1.82) is 0 Å². The fourth-order valence-electron chi connectivity index (χ4n) is 3.39. The van der Waals surface area contributed by atoms with Gasteiger partial charge in [0.25, 0.3) is 0 Å². The molecule has 1 aliphatic heterocycles. The van der Waals surface area contributed by atoms with Crippen LogP contribution in [0.3, 0.4) is 0 Å². The molecular weight excluding hydrogens is 394 g/mol. The van der Waals surface area contributed by atoms with Gasteiger partial charge in [-0.2, -0.15) is 0 Å². The monoisotopic (exact) mass is 417 g/mol. The summed E-state index contributed by atoms with van der Waals surface area (Å²) < 4.78 is 4.97. The number of likely N-dealkylation sites (tertiary alicyclic amines) is 1. The third kappa shape index (κ3) is 4.92. The quantitative estimate of drug-likeness (QED) is 0.694. The van der Waals surface area contributed by atoms with E-state index in [1.807, 2.05) is 17.5 Å². The average Bonchev–Trinajstić information content (AvgIpc) is 3.41. The number of hydrogen-bond donors (Lipinski definition) is 1. The topological polar surface area (TPSA) is 100 Å². The molecule has 9 heteroatoms. The Hall–Kier alpha value is -2.94. The van der Waals surface area contributed by atoms with E-state index in [1.54, 1.807) is 25.3 Å². The van der Waals surface area contributed by atoms with Crippen molar-refractivity contribution in [3.05, 3.63) is 35.8 Å². The molecule has 0 spiro atoms. The molecule has 0 aliphatic carbocycles. The maximum atomic E-state index is 13.2. The number of benzene rings is 1. The van der Waals surface area contributed by atoms with Crippen molar-refractivity contribution in [3.63, 3.8) is 0 Å². The summed E-state index contributed by atoms with van der Waals surface area (Å²) in [6.45, 7) is 2.45. The summed E-state index contributed by atoms with van der Waals surface area (Å²) in [5, 5.41) is 12.1. The second-order valence-electron chi connectivity index (χ2n) is 6.56. The summed E-state index contributed by atoms with van der Waals surface area (Å²) in [5.74, 6) is -0.720. The van der Waals surface area contributed by atoms with E-state index in [4.69, 9.17) is 4.74 Å². The summed E-state index contributed by atoms with van der Waals surface area (Å²) in [6.07, 6.45) is 1.76. The Morgan fingerprint density at radius 2 is 2.07 bits per heavy atom. The van der Waals surface area contributed by atoms with Gasteiger partial charge in [-0.25, -0.2) is 9.78 Å². The molecule has 2 heterocycles. The number of carboxylic acid groups (broad SMARTS) is 1. The number of rotatable bonds is 7. The van der Waals surface area contributed by atoms with Crippen LogP contribution < -0.4 is 4.90 Å². The van der Waals surface area contributed by atoms with Gasteiger partial charge in [0.05, 0.1) is 13.0 Å². The zero-order chi connectivity index (χ0) is 20.8. The van der Waals surface area contributed by atoms with Crippen LogP contribution in [0, 0.1) is 0 Å². The molecule has 154 valence electrons. The predicted molar refractivity (Wildman–Crippen MR) is 109 cm³/mol. The highest BCUT2D eigenvalue weighted by molar-refractivity contribution is 7.13. The minimum atomic E-state index is -1.11. The normalized spacial score (nSPS) is 15.9. The van der Waals surface area contributed by atoms with Crippen LogP contribution in [0.4, 0.5) is 10.5 Å². The number of aromatic nitrogens is 1. The van der Waals surface area contributed by atoms with Gasteiger partial charge in [-0.3, -0.25) is 14.5 Å². The second kappa shape index (κ2) is 9.51. The molecule has 3 rings (SSSR count). The number of amides is 2. The first-order valence-electron chi connectivity index (χ1n) is 9.47. The minimum Gasteiger partial charge on any atom is -0.466 e. The third-order valence-corrected chi connectivity index (χ3v) is 5.57. The second-order valence-corrected chi connectivity index (χ2v) is 7.46. The van der Waals surface area contributed by atoms with Crippen LogP contribution in [0.2, 0.25) is 0 Å². The molecule has 1 atom stereocenters. The fourth-order valence-corrected chi connectivity index (χ4v) is 4.03. The fraction of sp³-hybridized carbons (Fsp3) is 0.400. The molecule has 1 fully saturated rings. The van der Waals surface area contributed by atoms with Gasteiger partial charge < -0.3 is 14.7 Å². The van der Waals surface area contributed by atoms with Crippen LogP contribution in [-0.2, 0) is 14.3 Å². The Morgan fingerprint density at radius 3 is 2.69 bits per heavy atom. The maximum absolute atomic E-state index is 13.2. The van der Waals surface area contributed by atoms with Crippen molar-refractivity contribution in [1.82, 2.24) is 9.88 Å². The molecule has 0 bridgehead atoms. The first kappa shape index (κ1) is 20.8. The number of ether oxygens (including phenoxy) is 1. The molecule has 0 radical (unpaired) electrons. The Kier molecular flexibility index (Phi) is 6.82. The number of esters is 1. The number of anilines is 1. The Balaban J connectivity index is 1.83. The number of nitrogens with zero attached hydrogens (tertiary/aromatic N) is 3. The molecule has 1 aliphatic rings. The van der Waals surface area contributed by atoms with E-state index in [1.165, 1.54) is 21.1 Å². The van der Waals surface area contributed by atoms with Gasteiger partial charge in [-0.05, 0) is 44.0 Å². The average molecular weight is 417 g/mol. The highest BCUT2D eigenvalue weighted by Crippen LogP contribution is 2.27. The van der Waals surface area contributed by atoms with Crippen LogP contribution in [0.25, 0.3) is 10.6 Å². The lowest BCUT2D eigenvalue weighted by Gasteiger charge is -2.29. The van der Waals surface area contributed by atoms with Gasteiger partial charge in [-0.1, -0.05) is 0 Å². The summed E-state index contributed by atoms with van der Waals surface area (Å²) >= 11 is 1.52. The molecule has 0 unspecified atom stereocenters. The summed E-state index contributed by atoms with van der Waals surface area (Å²) in [7, 11) is 0. The Labute approximate surface area is 172 Å².